The van der Waals surface area contributed by atoms with Crippen molar-refractivity contribution in [2.45, 2.75) is 105 Å². The maximum Gasteiger partial charge on any atom is 0.261 e. The minimum atomic E-state index is -0.136. The molecule has 182 valence electrons. The number of fused-ring (bicyclic) bond motifs is 5. The Morgan fingerprint density at radius 2 is 1.88 bits per heavy atom. The molecule has 33 heavy (non-hydrogen) atoms. The Kier molecular flexibility index (Phi) is 5.66. The van der Waals surface area contributed by atoms with Gasteiger partial charge in [-0.3, -0.25) is 14.9 Å². The van der Waals surface area contributed by atoms with E-state index in [0.717, 1.165) is 43.2 Å². The summed E-state index contributed by atoms with van der Waals surface area (Å²) in [5.74, 6) is 3.26. The van der Waals surface area contributed by atoms with E-state index in [4.69, 9.17) is 5.10 Å². The van der Waals surface area contributed by atoms with Crippen LogP contribution in [0.1, 0.15) is 92.9 Å². The van der Waals surface area contributed by atoms with Gasteiger partial charge in [-0.15, -0.1) is 0 Å². The van der Waals surface area contributed by atoms with Crippen LogP contribution in [0.3, 0.4) is 0 Å². The van der Waals surface area contributed by atoms with Crippen LogP contribution in [0.2, 0.25) is 0 Å². The molecule has 5 nitrogen and oxygen atoms in total. The van der Waals surface area contributed by atoms with Crippen LogP contribution in [0.4, 0.5) is 0 Å². The number of allylic oxidation sites excluding steroid dienone is 2. The van der Waals surface area contributed by atoms with Crippen molar-refractivity contribution >= 4 is 17.4 Å². The standard InChI is InChI=1S/C28H43N3O2/c1-16(2)25-26(33)31(18(4)29-25)30-20-11-13-27(5)19(15-20)7-8-21-23-10-9-22(17(3)32)28(23,6)14-12-24(21)27/h15-16,18,21-25,29H,7-14H2,1-6H3/t18-,21+,22-,23+,24+,25+,27+,28-/m1/s1. The molecule has 0 aromatic rings. The maximum absolute atomic E-state index is 12.9. The van der Waals surface area contributed by atoms with Crippen LogP contribution >= 0.6 is 0 Å². The highest BCUT2D eigenvalue weighted by Gasteiger charge is 2.59. The molecule has 1 aliphatic heterocycles. The van der Waals surface area contributed by atoms with Crippen LogP contribution < -0.4 is 5.32 Å². The third-order valence-electron chi connectivity index (χ3n) is 10.7. The highest BCUT2D eigenvalue weighted by Crippen LogP contribution is 2.66. The second-order valence-electron chi connectivity index (χ2n) is 12.6. The average molecular weight is 454 g/mol. The van der Waals surface area contributed by atoms with Gasteiger partial charge in [-0.25, -0.2) is 5.01 Å². The molecular weight excluding hydrogens is 410 g/mol. The number of Topliss-reactive ketones (excluding diaryl/α,β-unsaturated/α-hetero) is 1. The van der Waals surface area contributed by atoms with Gasteiger partial charge in [0.2, 0.25) is 0 Å². The lowest BCUT2D eigenvalue weighted by Gasteiger charge is -2.58. The summed E-state index contributed by atoms with van der Waals surface area (Å²) < 4.78 is 0. The lowest BCUT2D eigenvalue weighted by molar-refractivity contribution is -0.130. The summed E-state index contributed by atoms with van der Waals surface area (Å²) in [6.07, 6.45) is 11.6. The van der Waals surface area contributed by atoms with Crippen LogP contribution in [0.15, 0.2) is 16.8 Å². The Hall–Kier alpha value is -1.49. The minimum Gasteiger partial charge on any atom is -0.300 e. The number of rotatable bonds is 3. The number of carbonyl (C=O) groups excluding carboxylic acids is 2. The zero-order valence-electron chi connectivity index (χ0n) is 21.5. The molecule has 0 aromatic carbocycles. The third-order valence-corrected chi connectivity index (χ3v) is 10.7. The van der Waals surface area contributed by atoms with Crippen molar-refractivity contribution in [2.24, 2.45) is 45.5 Å². The van der Waals surface area contributed by atoms with Gasteiger partial charge in [0.1, 0.15) is 11.9 Å². The molecular formula is C28H43N3O2. The SMILES string of the molecule is CC(=O)[C@H]1CC[C@H]2[C@@H]3CCC4=CC(=NN5C(=O)[C@H](C(C)C)N[C@H]5C)CC[C@]4(C)[C@H]3CC[C@]12C. The van der Waals surface area contributed by atoms with Gasteiger partial charge in [0.25, 0.3) is 5.91 Å². The van der Waals surface area contributed by atoms with E-state index in [2.05, 4.69) is 39.1 Å². The molecule has 3 saturated carbocycles. The predicted octanol–water partition coefficient (Wildman–Crippen LogP) is 5.31. The molecule has 0 spiro atoms. The van der Waals surface area contributed by atoms with Crippen LogP contribution in [0.25, 0.3) is 0 Å². The van der Waals surface area contributed by atoms with Crippen LogP contribution in [-0.2, 0) is 9.59 Å². The summed E-state index contributed by atoms with van der Waals surface area (Å²) in [5.41, 5.74) is 3.10. The Morgan fingerprint density at radius 3 is 2.55 bits per heavy atom. The average Bonchev–Trinajstić information content (AvgIpc) is 3.25. The van der Waals surface area contributed by atoms with E-state index in [1.165, 1.54) is 25.7 Å². The number of carbonyl (C=O) groups is 2. The third kappa shape index (κ3) is 3.47. The topological polar surface area (TPSA) is 61.8 Å². The fourth-order valence-electron chi connectivity index (χ4n) is 8.80. The Balaban J connectivity index is 1.37. The van der Waals surface area contributed by atoms with Gasteiger partial charge in [0, 0.05) is 5.92 Å². The van der Waals surface area contributed by atoms with Crippen LogP contribution in [-0.4, -0.2) is 34.6 Å². The molecule has 0 bridgehead atoms. The quantitative estimate of drug-likeness (QED) is 0.630. The first-order valence-corrected chi connectivity index (χ1v) is 13.4. The molecule has 0 unspecified atom stereocenters. The number of nitrogens with one attached hydrogen (secondary N) is 1. The van der Waals surface area contributed by atoms with E-state index >= 15 is 0 Å². The largest absolute Gasteiger partial charge is 0.300 e. The highest BCUT2D eigenvalue weighted by atomic mass is 16.2. The number of hydrogen-bond donors (Lipinski definition) is 1. The summed E-state index contributed by atoms with van der Waals surface area (Å²) in [7, 11) is 0. The molecule has 1 heterocycles. The number of hydrogen-bond acceptors (Lipinski definition) is 4. The number of ketones is 1. The molecule has 5 rings (SSSR count). The summed E-state index contributed by atoms with van der Waals surface area (Å²) in [5, 5.41) is 9.97. The Labute approximate surface area is 199 Å². The van der Waals surface area contributed by atoms with Gasteiger partial charge >= 0.3 is 0 Å². The van der Waals surface area contributed by atoms with E-state index < -0.39 is 0 Å². The highest BCUT2D eigenvalue weighted by molar-refractivity contribution is 5.98. The summed E-state index contributed by atoms with van der Waals surface area (Å²) in [4.78, 5) is 25.3. The second kappa shape index (κ2) is 8.03. The fraction of sp³-hybridized carbons (Fsp3) is 0.821. The zero-order chi connectivity index (χ0) is 23.7. The molecule has 8 atom stereocenters. The molecule has 1 N–H and O–H groups in total. The summed E-state index contributed by atoms with van der Waals surface area (Å²) in [6, 6.07) is -0.136. The van der Waals surface area contributed by atoms with Crippen molar-refractivity contribution in [1.29, 1.82) is 0 Å². The second-order valence-corrected chi connectivity index (χ2v) is 12.6. The molecule has 4 aliphatic carbocycles. The van der Waals surface area contributed by atoms with Gasteiger partial charge in [-0.1, -0.05) is 33.3 Å². The van der Waals surface area contributed by atoms with Crippen molar-refractivity contribution in [3.05, 3.63) is 11.6 Å². The molecule has 0 radical (unpaired) electrons. The smallest absolute Gasteiger partial charge is 0.261 e. The van der Waals surface area contributed by atoms with Crippen molar-refractivity contribution in [3.8, 4) is 0 Å². The van der Waals surface area contributed by atoms with Gasteiger partial charge < -0.3 is 0 Å². The molecule has 5 aliphatic rings. The lowest BCUT2D eigenvalue weighted by Crippen LogP contribution is -2.51. The summed E-state index contributed by atoms with van der Waals surface area (Å²) in [6.45, 7) is 13.0. The van der Waals surface area contributed by atoms with E-state index in [1.54, 1.807) is 10.6 Å². The molecule has 0 aromatic heterocycles. The van der Waals surface area contributed by atoms with Crippen molar-refractivity contribution < 1.29 is 9.59 Å². The van der Waals surface area contributed by atoms with Gasteiger partial charge in [-0.05, 0) is 106 Å². The van der Waals surface area contributed by atoms with Crippen LogP contribution in [0, 0.1) is 40.4 Å². The van der Waals surface area contributed by atoms with E-state index in [-0.39, 0.29) is 40.8 Å². The Bertz CT molecular complexity index is 907. The minimum absolute atomic E-state index is 0.0487. The molecule has 1 amide bonds. The fourth-order valence-corrected chi connectivity index (χ4v) is 8.80. The number of nitrogens with zero attached hydrogens (tertiary/aromatic N) is 2. The lowest BCUT2D eigenvalue weighted by atomic mass is 9.46. The first-order valence-electron chi connectivity index (χ1n) is 13.4. The van der Waals surface area contributed by atoms with Gasteiger partial charge in [-0.2, -0.15) is 5.10 Å². The molecule has 1 saturated heterocycles. The van der Waals surface area contributed by atoms with E-state index in [1.807, 2.05) is 13.8 Å². The Morgan fingerprint density at radius 1 is 1.12 bits per heavy atom. The van der Waals surface area contributed by atoms with Crippen molar-refractivity contribution in [1.82, 2.24) is 10.3 Å². The first kappa shape index (κ1) is 23.3. The van der Waals surface area contributed by atoms with Crippen LogP contribution in [0.5, 0.6) is 0 Å². The normalized spacial score (nSPS) is 46.3. The van der Waals surface area contributed by atoms with Crippen molar-refractivity contribution in [3.63, 3.8) is 0 Å². The van der Waals surface area contributed by atoms with Crippen molar-refractivity contribution in [2.75, 3.05) is 0 Å². The van der Waals surface area contributed by atoms with Gasteiger partial charge in [0.05, 0.1) is 11.8 Å². The summed E-state index contributed by atoms with van der Waals surface area (Å²) >= 11 is 0. The van der Waals surface area contributed by atoms with Gasteiger partial charge in [0.15, 0.2) is 0 Å². The molecule has 4 fully saturated rings. The van der Waals surface area contributed by atoms with E-state index in [0.29, 0.717) is 11.7 Å². The number of hydrazone groups is 1. The predicted molar refractivity (Wildman–Crippen MR) is 131 cm³/mol. The first-order chi connectivity index (χ1) is 15.6. The number of amides is 1. The zero-order valence-corrected chi connectivity index (χ0v) is 21.5. The maximum atomic E-state index is 12.9. The molecule has 5 heteroatoms. The van der Waals surface area contributed by atoms with E-state index in [9.17, 15) is 9.59 Å². The monoisotopic (exact) mass is 453 g/mol.